The Labute approximate surface area is 69.1 Å². The first-order chi connectivity index (χ1) is 5.07. The molecule has 0 aliphatic rings. The first kappa shape index (κ1) is 10.2. The molecule has 0 aromatic rings. The van der Waals surface area contributed by atoms with E-state index in [0.29, 0.717) is 0 Å². The van der Waals surface area contributed by atoms with Gasteiger partial charge >= 0.3 is 0 Å². The van der Waals surface area contributed by atoms with E-state index in [1.165, 1.54) is 5.57 Å². The topological polar surface area (TPSA) is 27.0 Å². The third-order valence-corrected chi connectivity index (χ3v) is 1.74. The van der Waals surface area contributed by atoms with Crippen molar-refractivity contribution in [3.63, 3.8) is 0 Å². The van der Waals surface area contributed by atoms with Gasteiger partial charge in [-0.05, 0) is 27.3 Å². The Morgan fingerprint density at radius 3 is 2.64 bits per heavy atom. The second-order valence-corrected chi connectivity index (χ2v) is 2.99. The van der Waals surface area contributed by atoms with Crippen molar-refractivity contribution >= 4 is 0 Å². The van der Waals surface area contributed by atoms with Gasteiger partial charge in [-0.25, -0.2) is 0 Å². The van der Waals surface area contributed by atoms with Crippen LogP contribution in [0.25, 0.3) is 0 Å². The van der Waals surface area contributed by atoms with Crippen molar-refractivity contribution in [1.82, 2.24) is 4.90 Å². The molecule has 0 aromatic heterocycles. The minimum atomic E-state index is 0.00866. The molecule has 0 aliphatic heterocycles. The number of nitrogens with zero attached hydrogens (tertiary/aromatic N) is 2. The van der Waals surface area contributed by atoms with E-state index < -0.39 is 0 Å². The molecular formula is C9H16N2. The monoisotopic (exact) mass is 152 g/mol. The average Bonchev–Trinajstić information content (AvgIpc) is 1.98. The van der Waals surface area contributed by atoms with E-state index in [-0.39, 0.29) is 6.04 Å². The second-order valence-electron chi connectivity index (χ2n) is 2.99. The fraction of sp³-hybridized carbons (Fsp3) is 0.667. The highest BCUT2D eigenvalue weighted by atomic mass is 15.1. The highest BCUT2D eigenvalue weighted by Gasteiger charge is 2.05. The maximum Gasteiger partial charge on any atom is 0.0946 e. The summed E-state index contributed by atoms with van der Waals surface area (Å²) in [5.74, 6) is 0. The highest BCUT2D eigenvalue weighted by molar-refractivity contribution is 4.91. The lowest BCUT2D eigenvalue weighted by Gasteiger charge is -2.18. The van der Waals surface area contributed by atoms with Gasteiger partial charge in [-0.1, -0.05) is 5.57 Å². The SMILES string of the molecule is C=C(C)CCN(C)C(C)C#N. The van der Waals surface area contributed by atoms with Gasteiger partial charge in [0.05, 0.1) is 12.1 Å². The largest absolute Gasteiger partial charge is 0.291 e. The van der Waals surface area contributed by atoms with Crippen LogP contribution in [0, 0.1) is 11.3 Å². The van der Waals surface area contributed by atoms with Crippen molar-refractivity contribution in [1.29, 1.82) is 5.26 Å². The first-order valence-corrected chi connectivity index (χ1v) is 3.82. The fourth-order valence-corrected chi connectivity index (χ4v) is 0.659. The van der Waals surface area contributed by atoms with E-state index in [4.69, 9.17) is 5.26 Å². The molecule has 0 N–H and O–H groups in total. The Morgan fingerprint density at radius 1 is 1.73 bits per heavy atom. The van der Waals surface area contributed by atoms with E-state index in [0.717, 1.165) is 13.0 Å². The molecule has 62 valence electrons. The third-order valence-electron chi connectivity index (χ3n) is 1.74. The zero-order chi connectivity index (χ0) is 8.85. The van der Waals surface area contributed by atoms with Gasteiger partial charge in [0.2, 0.25) is 0 Å². The minimum Gasteiger partial charge on any atom is -0.291 e. The van der Waals surface area contributed by atoms with Crippen LogP contribution in [0.4, 0.5) is 0 Å². The molecule has 0 spiro atoms. The van der Waals surface area contributed by atoms with E-state index >= 15 is 0 Å². The number of rotatable bonds is 4. The van der Waals surface area contributed by atoms with E-state index in [2.05, 4.69) is 12.6 Å². The predicted octanol–water partition coefficient (Wildman–Crippen LogP) is 1.80. The molecule has 0 saturated heterocycles. The van der Waals surface area contributed by atoms with Gasteiger partial charge in [0.15, 0.2) is 0 Å². The summed E-state index contributed by atoms with van der Waals surface area (Å²) < 4.78 is 0. The molecule has 1 unspecified atom stereocenters. The zero-order valence-corrected chi connectivity index (χ0v) is 7.59. The zero-order valence-electron chi connectivity index (χ0n) is 7.59. The molecule has 1 atom stereocenters. The second kappa shape index (κ2) is 4.92. The van der Waals surface area contributed by atoms with Crippen molar-refractivity contribution in [2.24, 2.45) is 0 Å². The van der Waals surface area contributed by atoms with Crippen LogP contribution in [-0.4, -0.2) is 24.5 Å². The molecule has 0 bridgehead atoms. The van der Waals surface area contributed by atoms with Crippen molar-refractivity contribution < 1.29 is 0 Å². The molecule has 0 radical (unpaired) electrons. The Balaban J connectivity index is 3.62. The molecule has 0 rings (SSSR count). The first-order valence-electron chi connectivity index (χ1n) is 3.82. The van der Waals surface area contributed by atoms with Crippen LogP contribution in [0.1, 0.15) is 20.3 Å². The summed E-state index contributed by atoms with van der Waals surface area (Å²) in [7, 11) is 1.96. The normalized spacial score (nSPS) is 12.6. The molecule has 11 heavy (non-hydrogen) atoms. The summed E-state index contributed by atoms with van der Waals surface area (Å²) in [4.78, 5) is 2.02. The number of hydrogen-bond donors (Lipinski definition) is 0. The lowest BCUT2D eigenvalue weighted by molar-refractivity contribution is 0.306. The van der Waals surface area contributed by atoms with Gasteiger partial charge in [0, 0.05) is 6.54 Å². The van der Waals surface area contributed by atoms with Crippen LogP contribution in [0.2, 0.25) is 0 Å². The lowest BCUT2D eigenvalue weighted by atomic mass is 10.2. The minimum absolute atomic E-state index is 0.00866. The molecule has 0 saturated carbocycles. The van der Waals surface area contributed by atoms with E-state index in [1.807, 2.05) is 25.8 Å². The molecule has 0 amide bonds. The molecular weight excluding hydrogens is 136 g/mol. The fourth-order valence-electron chi connectivity index (χ4n) is 0.659. The van der Waals surface area contributed by atoms with E-state index in [1.54, 1.807) is 0 Å². The summed E-state index contributed by atoms with van der Waals surface area (Å²) in [5.41, 5.74) is 1.17. The third kappa shape index (κ3) is 4.58. The molecule has 0 heterocycles. The van der Waals surface area contributed by atoms with Crippen LogP contribution in [0.5, 0.6) is 0 Å². The average molecular weight is 152 g/mol. The quantitative estimate of drug-likeness (QED) is 0.574. The Hall–Kier alpha value is -0.810. The number of hydrogen-bond acceptors (Lipinski definition) is 2. The Bertz CT molecular complexity index is 167. The number of nitriles is 1. The van der Waals surface area contributed by atoms with Crippen molar-refractivity contribution in [2.75, 3.05) is 13.6 Å². The smallest absolute Gasteiger partial charge is 0.0946 e. The Kier molecular flexibility index (Phi) is 4.56. The Morgan fingerprint density at radius 2 is 2.27 bits per heavy atom. The highest BCUT2D eigenvalue weighted by Crippen LogP contribution is 2.00. The van der Waals surface area contributed by atoms with Crippen LogP contribution in [-0.2, 0) is 0 Å². The van der Waals surface area contributed by atoms with Gasteiger partial charge in [-0.3, -0.25) is 4.90 Å². The van der Waals surface area contributed by atoms with Crippen LogP contribution in [0.15, 0.2) is 12.2 Å². The standard InChI is InChI=1S/C9H16N2/c1-8(2)5-6-11(4)9(3)7-10/h9H,1,5-6H2,2-4H3. The van der Waals surface area contributed by atoms with Crippen LogP contribution < -0.4 is 0 Å². The molecule has 2 nitrogen and oxygen atoms in total. The maximum absolute atomic E-state index is 8.56. The van der Waals surface area contributed by atoms with Crippen LogP contribution in [0.3, 0.4) is 0 Å². The molecule has 2 heteroatoms. The van der Waals surface area contributed by atoms with Gasteiger partial charge in [-0.2, -0.15) is 5.26 Å². The predicted molar refractivity (Wildman–Crippen MR) is 47.1 cm³/mol. The lowest BCUT2D eigenvalue weighted by Crippen LogP contribution is -2.28. The molecule has 0 aromatic carbocycles. The van der Waals surface area contributed by atoms with Gasteiger partial charge < -0.3 is 0 Å². The summed E-state index contributed by atoms with van der Waals surface area (Å²) in [5, 5.41) is 8.56. The summed E-state index contributed by atoms with van der Waals surface area (Å²) in [6, 6.07) is 2.19. The summed E-state index contributed by atoms with van der Waals surface area (Å²) >= 11 is 0. The van der Waals surface area contributed by atoms with Crippen molar-refractivity contribution in [2.45, 2.75) is 26.3 Å². The summed E-state index contributed by atoms with van der Waals surface area (Å²) in [6.07, 6.45) is 0.975. The summed E-state index contributed by atoms with van der Waals surface area (Å²) in [6.45, 7) is 8.63. The molecule has 0 aliphatic carbocycles. The van der Waals surface area contributed by atoms with Crippen molar-refractivity contribution in [3.8, 4) is 6.07 Å². The van der Waals surface area contributed by atoms with Gasteiger partial charge in [0.25, 0.3) is 0 Å². The van der Waals surface area contributed by atoms with Gasteiger partial charge in [0.1, 0.15) is 0 Å². The van der Waals surface area contributed by atoms with E-state index in [9.17, 15) is 0 Å². The van der Waals surface area contributed by atoms with Crippen molar-refractivity contribution in [3.05, 3.63) is 12.2 Å². The maximum atomic E-state index is 8.56. The molecule has 0 fully saturated rings. The van der Waals surface area contributed by atoms with Gasteiger partial charge in [-0.15, -0.1) is 6.58 Å². The van der Waals surface area contributed by atoms with Crippen LogP contribution >= 0.6 is 0 Å².